The van der Waals surface area contributed by atoms with Gasteiger partial charge in [-0.05, 0) is 26.0 Å². The second kappa shape index (κ2) is 7.10. The lowest BCUT2D eigenvalue weighted by molar-refractivity contribution is -0.0349. The summed E-state index contributed by atoms with van der Waals surface area (Å²) < 4.78 is 7.94. The van der Waals surface area contributed by atoms with E-state index in [1.165, 1.54) is 5.56 Å². The highest BCUT2D eigenvalue weighted by Crippen LogP contribution is 2.23. The van der Waals surface area contributed by atoms with E-state index in [0.717, 1.165) is 50.0 Å². The Morgan fingerprint density at radius 3 is 3.00 bits per heavy atom. The Morgan fingerprint density at radius 1 is 1.39 bits per heavy atom. The molecule has 0 spiro atoms. The number of ether oxygens (including phenoxy) is 1. The molecule has 1 aliphatic rings. The number of anilines is 1. The number of aryl methyl sites for hydroxylation is 2. The Hall–Kier alpha value is -1.92. The fourth-order valence-electron chi connectivity index (χ4n) is 2.91. The quantitative estimate of drug-likeness (QED) is 0.917. The molecule has 1 N–H and O–H groups in total. The summed E-state index contributed by atoms with van der Waals surface area (Å²) in [5.41, 5.74) is 3.40. The number of nitrogens with one attached hydrogen (secondary N) is 1. The number of pyridine rings is 1. The van der Waals surface area contributed by atoms with E-state index in [1.54, 1.807) is 0 Å². The summed E-state index contributed by atoms with van der Waals surface area (Å²) in [7, 11) is 1.88. The largest absolute Gasteiger partial charge is 0.373 e. The normalized spacial score (nSPS) is 19.0. The van der Waals surface area contributed by atoms with Gasteiger partial charge in [0.15, 0.2) is 0 Å². The van der Waals surface area contributed by atoms with Gasteiger partial charge in [-0.25, -0.2) is 4.98 Å². The minimum atomic E-state index is 0.0265. The Labute approximate surface area is 137 Å². The SMILES string of the molecule is CCn1cc(CN2CCO[C@@H](c3cccc(NC)n3)C2)c(C)n1. The van der Waals surface area contributed by atoms with Gasteiger partial charge in [0.25, 0.3) is 0 Å². The van der Waals surface area contributed by atoms with E-state index in [1.807, 2.05) is 29.9 Å². The van der Waals surface area contributed by atoms with Crippen molar-refractivity contribution >= 4 is 5.82 Å². The van der Waals surface area contributed by atoms with Crippen molar-refractivity contribution in [3.8, 4) is 0 Å². The average Bonchev–Trinajstić information content (AvgIpc) is 2.95. The van der Waals surface area contributed by atoms with Gasteiger partial charge in [0.2, 0.25) is 0 Å². The van der Waals surface area contributed by atoms with Gasteiger partial charge in [0.1, 0.15) is 11.9 Å². The first-order chi connectivity index (χ1) is 11.2. The number of hydrogen-bond donors (Lipinski definition) is 1. The minimum Gasteiger partial charge on any atom is -0.373 e. The third-order valence-electron chi connectivity index (χ3n) is 4.27. The van der Waals surface area contributed by atoms with Crippen LogP contribution in [0.25, 0.3) is 0 Å². The predicted molar refractivity (Wildman–Crippen MR) is 90.4 cm³/mol. The highest BCUT2D eigenvalue weighted by atomic mass is 16.5. The lowest BCUT2D eigenvalue weighted by atomic mass is 10.1. The fourth-order valence-corrected chi connectivity index (χ4v) is 2.91. The van der Waals surface area contributed by atoms with Crippen molar-refractivity contribution in [3.05, 3.63) is 41.3 Å². The van der Waals surface area contributed by atoms with Crippen LogP contribution in [0.15, 0.2) is 24.4 Å². The molecule has 1 aliphatic heterocycles. The standard InChI is InChI=1S/C17H25N5O/c1-4-22-11-14(13(2)20-22)10-21-8-9-23-16(12-21)15-6-5-7-17(18-3)19-15/h5-7,11,16H,4,8-10,12H2,1-3H3,(H,18,19)/t16-/m1/s1. The molecule has 6 heteroatoms. The second-order valence-electron chi connectivity index (χ2n) is 5.89. The lowest BCUT2D eigenvalue weighted by Gasteiger charge is -2.32. The molecule has 3 heterocycles. The van der Waals surface area contributed by atoms with E-state index in [4.69, 9.17) is 4.74 Å². The highest BCUT2D eigenvalue weighted by molar-refractivity contribution is 5.34. The molecule has 0 bridgehead atoms. The topological polar surface area (TPSA) is 55.2 Å². The molecule has 0 saturated carbocycles. The Balaban J connectivity index is 1.69. The van der Waals surface area contributed by atoms with E-state index in [-0.39, 0.29) is 6.10 Å². The summed E-state index contributed by atoms with van der Waals surface area (Å²) in [6.45, 7) is 8.55. The maximum atomic E-state index is 5.94. The fraction of sp³-hybridized carbons (Fsp3) is 0.529. The van der Waals surface area contributed by atoms with Crippen molar-refractivity contribution < 1.29 is 4.74 Å². The van der Waals surface area contributed by atoms with E-state index in [0.29, 0.717) is 0 Å². The van der Waals surface area contributed by atoms with Gasteiger partial charge in [-0.1, -0.05) is 6.07 Å². The minimum absolute atomic E-state index is 0.0265. The molecule has 23 heavy (non-hydrogen) atoms. The van der Waals surface area contributed by atoms with Crippen molar-refractivity contribution in [2.45, 2.75) is 33.0 Å². The van der Waals surface area contributed by atoms with Crippen LogP contribution in [0.3, 0.4) is 0 Å². The molecule has 2 aromatic heterocycles. The van der Waals surface area contributed by atoms with Crippen molar-refractivity contribution in [1.82, 2.24) is 19.7 Å². The summed E-state index contributed by atoms with van der Waals surface area (Å²) in [6, 6.07) is 6.02. The third kappa shape index (κ3) is 3.71. The maximum absolute atomic E-state index is 5.94. The molecular weight excluding hydrogens is 290 g/mol. The Morgan fingerprint density at radius 2 is 2.26 bits per heavy atom. The zero-order valence-electron chi connectivity index (χ0n) is 14.1. The molecule has 124 valence electrons. The first-order valence-corrected chi connectivity index (χ1v) is 8.21. The number of aromatic nitrogens is 3. The number of morpholine rings is 1. The van der Waals surface area contributed by atoms with E-state index in [9.17, 15) is 0 Å². The van der Waals surface area contributed by atoms with Crippen molar-refractivity contribution in [2.24, 2.45) is 0 Å². The zero-order valence-corrected chi connectivity index (χ0v) is 14.1. The van der Waals surface area contributed by atoms with Gasteiger partial charge in [0.05, 0.1) is 18.0 Å². The molecule has 6 nitrogen and oxygen atoms in total. The number of hydrogen-bond acceptors (Lipinski definition) is 5. The molecule has 3 rings (SSSR count). The second-order valence-corrected chi connectivity index (χ2v) is 5.89. The van der Waals surface area contributed by atoms with Crippen LogP contribution in [-0.4, -0.2) is 46.4 Å². The van der Waals surface area contributed by atoms with Crippen molar-refractivity contribution in [2.75, 3.05) is 32.1 Å². The molecule has 0 aromatic carbocycles. The maximum Gasteiger partial charge on any atom is 0.126 e. The highest BCUT2D eigenvalue weighted by Gasteiger charge is 2.24. The van der Waals surface area contributed by atoms with Crippen LogP contribution in [0.5, 0.6) is 0 Å². The molecular formula is C17H25N5O. The summed E-state index contributed by atoms with van der Waals surface area (Å²) >= 11 is 0. The smallest absolute Gasteiger partial charge is 0.126 e. The van der Waals surface area contributed by atoms with Crippen LogP contribution < -0.4 is 5.32 Å². The molecule has 0 amide bonds. The molecule has 2 aromatic rings. The van der Waals surface area contributed by atoms with Crippen LogP contribution in [0, 0.1) is 6.92 Å². The zero-order chi connectivity index (χ0) is 16.2. The van der Waals surface area contributed by atoms with E-state index >= 15 is 0 Å². The summed E-state index contributed by atoms with van der Waals surface area (Å²) in [6.07, 6.45) is 2.18. The summed E-state index contributed by atoms with van der Waals surface area (Å²) in [5, 5.41) is 7.62. The lowest BCUT2D eigenvalue weighted by Crippen LogP contribution is -2.38. The molecule has 1 saturated heterocycles. The first kappa shape index (κ1) is 16.0. The molecule has 0 aliphatic carbocycles. The third-order valence-corrected chi connectivity index (χ3v) is 4.27. The summed E-state index contributed by atoms with van der Waals surface area (Å²) in [5.74, 6) is 0.878. The Bertz CT molecular complexity index is 654. The van der Waals surface area contributed by atoms with Crippen LogP contribution in [0.1, 0.15) is 30.0 Å². The first-order valence-electron chi connectivity index (χ1n) is 8.21. The molecule has 1 atom stereocenters. The summed E-state index contributed by atoms with van der Waals surface area (Å²) in [4.78, 5) is 7.03. The number of rotatable bonds is 5. The number of nitrogens with zero attached hydrogens (tertiary/aromatic N) is 4. The molecule has 0 radical (unpaired) electrons. The van der Waals surface area contributed by atoms with Crippen LogP contribution in [0.2, 0.25) is 0 Å². The van der Waals surface area contributed by atoms with Crippen molar-refractivity contribution in [1.29, 1.82) is 0 Å². The van der Waals surface area contributed by atoms with Gasteiger partial charge in [0, 0.05) is 45.0 Å². The van der Waals surface area contributed by atoms with Gasteiger partial charge in [-0.3, -0.25) is 9.58 Å². The van der Waals surface area contributed by atoms with Crippen LogP contribution >= 0.6 is 0 Å². The predicted octanol–water partition coefficient (Wildman–Crippen LogP) is 2.22. The average molecular weight is 315 g/mol. The van der Waals surface area contributed by atoms with Gasteiger partial charge in [-0.15, -0.1) is 0 Å². The van der Waals surface area contributed by atoms with Crippen LogP contribution in [0.4, 0.5) is 5.82 Å². The van der Waals surface area contributed by atoms with Crippen molar-refractivity contribution in [3.63, 3.8) is 0 Å². The van der Waals surface area contributed by atoms with E-state index in [2.05, 4.69) is 40.3 Å². The monoisotopic (exact) mass is 315 g/mol. The Kier molecular flexibility index (Phi) is 4.93. The van der Waals surface area contributed by atoms with E-state index < -0.39 is 0 Å². The molecule has 1 fully saturated rings. The van der Waals surface area contributed by atoms with Gasteiger partial charge >= 0.3 is 0 Å². The van der Waals surface area contributed by atoms with Gasteiger partial charge in [-0.2, -0.15) is 5.10 Å². The van der Waals surface area contributed by atoms with Crippen LogP contribution in [-0.2, 0) is 17.8 Å². The molecule has 0 unspecified atom stereocenters. The van der Waals surface area contributed by atoms with Gasteiger partial charge < -0.3 is 10.1 Å².